The average Bonchev–Trinajstić information content (AvgIpc) is 1.90. The Hall–Kier alpha value is 1.31. The van der Waals surface area contributed by atoms with E-state index in [1.54, 1.807) is 0 Å². The molecule has 0 bridgehead atoms. The molecule has 0 aromatic carbocycles. The van der Waals surface area contributed by atoms with Crippen LogP contribution in [-0.2, 0) is 23.0 Å². The van der Waals surface area contributed by atoms with Crippen LogP contribution in [0.5, 0.6) is 0 Å². The number of ether oxygens (including phenoxy) is 1. The van der Waals surface area contributed by atoms with Crippen LogP contribution < -0.4 is 0 Å². The molecular formula is C7H14IOZn. The molecule has 1 aliphatic rings. The van der Waals surface area contributed by atoms with E-state index in [1.807, 2.05) is 7.11 Å². The van der Waals surface area contributed by atoms with Gasteiger partial charge in [0.2, 0.25) is 0 Å². The fourth-order valence-electron chi connectivity index (χ4n) is 1.37. The zero-order chi connectivity index (χ0) is 6.69. The minimum absolute atomic E-state index is 0. The molecule has 0 aliphatic heterocycles. The van der Waals surface area contributed by atoms with Gasteiger partial charge in [0.1, 0.15) is 0 Å². The van der Waals surface area contributed by atoms with Gasteiger partial charge in [0.05, 0.1) is 0 Å². The smallest absolute Gasteiger partial charge is 0.107 e. The molecule has 0 spiro atoms. The van der Waals surface area contributed by atoms with Crippen LogP contribution in [0.4, 0.5) is 0 Å². The second-order valence-electron chi connectivity index (χ2n) is 2.88. The van der Waals surface area contributed by atoms with E-state index in [-0.39, 0.29) is 24.0 Å². The second-order valence-corrected chi connectivity index (χ2v) is 5.30. The van der Waals surface area contributed by atoms with Gasteiger partial charge in [0.25, 0.3) is 0 Å². The average molecular weight is 306 g/mol. The van der Waals surface area contributed by atoms with E-state index in [9.17, 15) is 0 Å². The molecule has 1 nitrogen and oxygen atoms in total. The molecule has 0 aromatic rings. The summed E-state index contributed by atoms with van der Waals surface area (Å²) >= 11 is 1.48. The molecule has 1 saturated carbocycles. The Kier molecular flexibility index (Phi) is 6.68. The van der Waals surface area contributed by atoms with Gasteiger partial charge in [-0.2, -0.15) is 0 Å². The maximum atomic E-state index is 5.25. The molecule has 1 rings (SSSR count). The predicted molar refractivity (Wildman–Crippen MR) is 48.4 cm³/mol. The van der Waals surface area contributed by atoms with Crippen molar-refractivity contribution in [2.45, 2.75) is 36.3 Å². The zero-order valence-electron chi connectivity index (χ0n) is 6.51. The molecule has 0 saturated heterocycles. The molecule has 1 aliphatic carbocycles. The third-order valence-electron chi connectivity index (χ3n) is 2.13. The van der Waals surface area contributed by atoms with Crippen LogP contribution in [0.1, 0.15) is 25.7 Å². The van der Waals surface area contributed by atoms with Crippen molar-refractivity contribution >= 4 is 24.0 Å². The minimum Gasteiger partial charge on any atom is -0.107 e. The third-order valence-corrected chi connectivity index (χ3v) is 3.84. The molecular weight excluding hydrogens is 292 g/mol. The summed E-state index contributed by atoms with van der Waals surface area (Å²) in [7, 11) is 1.83. The van der Waals surface area contributed by atoms with Gasteiger partial charge in [-0.15, -0.1) is 24.0 Å². The van der Waals surface area contributed by atoms with Crippen LogP contribution in [0.2, 0.25) is 4.51 Å². The largest absolute Gasteiger partial charge is 0.107 e. The summed E-state index contributed by atoms with van der Waals surface area (Å²) in [5.41, 5.74) is 0. The van der Waals surface area contributed by atoms with E-state index in [4.69, 9.17) is 4.74 Å². The van der Waals surface area contributed by atoms with Crippen molar-refractivity contribution in [2.75, 3.05) is 7.11 Å². The van der Waals surface area contributed by atoms with E-state index in [2.05, 4.69) is 0 Å². The number of rotatable bonds is 1. The van der Waals surface area contributed by atoms with Crippen molar-refractivity contribution in [3.63, 3.8) is 0 Å². The molecule has 0 radical (unpaired) electrons. The van der Waals surface area contributed by atoms with E-state index in [1.165, 1.54) is 44.0 Å². The van der Waals surface area contributed by atoms with E-state index < -0.39 is 0 Å². The van der Waals surface area contributed by atoms with Gasteiger partial charge in [-0.25, -0.2) is 0 Å². The topological polar surface area (TPSA) is 9.23 Å². The number of hydrogen-bond donors (Lipinski definition) is 0. The summed E-state index contributed by atoms with van der Waals surface area (Å²) < 4.78 is 6.32. The zero-order valence-corrected chi connectivity index (χ0v) is 11.8. The Labute approximate surface area is 90.0 Å². The van der Waals surface area contributed by atoms with E-state index in [0.717, 1.165) is 4.51 Å². The predicted octanol–water partition coefficient (Wildman–Crippen LogP) is 2.53. The van der Waals surface area contributed by atoms with Crippen LogP contribution in [0.25, 0.3) is 0 Å². The van der Waals surface area contributed by atoms with Gasteiger partial charge in [-0.3, -0.25) is 0 Å². The molecule has 1 fully saturated rings. The fraction of sp³-hybridized carbons (Fsp3) is 1.00. The van der Waals surface area contributed by atoms with Crippen molar-refractivity contribution in [2.24, 2.45) is 0 Å². The summed E-state index contributed by atoms with van der Waals surface area (Å²) in [6, 6.07) is 0. The minimum atomic E-state index is 0. The Morgan fingerprint density at radius 1 is 1.20 bits per heavy atom. The van der Waals surface area contributed by atoms with Crippen LogP contribution >= 0.6 is 24.0 Å². The van der Waals surface area contributed by atoms with Gasteiger partial charge in [-0.1, -0.05) is 0 Å². The fourth-order valence-corrected chi connectivity index (χ4v) is 2.36. The SMILES string of the molecule is COC1CC[CH]([Zn])CC1.I. The number of halogens is 1. The van der Waals surface area contributed by atoms with E-state index in [0.29, 0.717) is 6.10 Å². The van der Waals surface area contributed by atoms with Gasteiger partial charge in [-0.05, 0) is 0 Å². The number of hydrogen-bond acceptors (Lipinski definition) is 1. The number of methoxy groups -OCH3 is 1. The Morgan fingerprint density at radius 3 is 2.10 bits per heavy atom. The monoisotopic (exact) mass is 305 g/mol. The molecule has 0 aromatic heterocycles. The normalized spacial score (nSPS) is 33.1. The Balaban J connectivity index is 0.000000810. The molecule has 10 heavy (non-hydrogen) atoms. The van der Waals surface area contributed by atoms with Crippen LogP contribution in [0.3, 0.4) is 0 Å². The van der Waals surface area contributed by atoms with Crippen molar-refractivity contribution < 1.29 is 23.0 Å². The molecule has 0 N–H and O–H groups in total. The van der Waals surface area contributed by atoms with Gasteiger partial charge >= 0.3 is 66.4 Å². The summed E-state index contributed by atoms with van der Waals surface area (Å²) in [5, 5.41) is 0. The summed E-state index contributed by atoms with van der Waals surface area (Å²) in [4.78, 5) is 0. The van der Waals surface area contributed by atoms with Crippen LogP contribution in [0.15, 0.2) is 0 Å². The molecule has 57 valence electrons. The standard InChI is InChI=1S/C7H13O.HI.Zn/c1-8-7-5-3-2-4-6-7;;/h2,7H,3-6H2,1H3;1H;. The van der Waals surface area contributed by atoms with Gasteiger partial charge in [0, 0.05) is 0 Å². The van der Waals surface area contributed by atoms with Crippen molar-refractivity contribution in [1.82, 2.24) is 0 Å². The van der Waals surface area contributed by atoms with Crippen molar-refractivity contribution in [1.29, 1.82) is 0 Å². The molecule has 0 atom stereocenters. The van der Waals surface area contributed by atoms with Crippen LogP contribution in [0, 0.1) is 0 Å². The molecule has 3 heteroatoms. The first-order chi connectivity index (χ1) is 4.33. The van der Waals surface area contributed by atoms with Crippen molar-refractivity contribution in [3.05, 3.63) is 0 Å². The molecule has 0 heterocycles. The third kappa shape index (κ3) is 3.63. The maximum Gasteiger partial charge on any atom is -0.107 e. The van der Waals surface area contributed by atoms with Crippen LogP contribution in [-0.4, -0.2) is 13.2 Å². The van der Waals surface area contributed by atoms with Crippen molar-refractivity contribution in [3.8, 4) is 0 Å². The Bertz CT molecular complexity index is 81.7. The first-order valence-corrected chi connectivity index (χ1v) is 5.40. The quantitative estimate of drug-likeness (QED) is 0.534. The maximum absolute atomic E-state index is 5.25. The van der Waals surface area contributed by atoms with Gasteiger partial charge in [0.15, 0.2) is 0 Å². The Morgan fingerprint density at radius 2 is 1.70 bits per heavy atom. The second kappa shape index (κ2) is 5.90. The summed E-state index contributed by atoms with van der Waals surface area (Å²) in [6.07, 6.45) is 6.03. The molecule has 0 amide bonds. The van der Waals surface area contributed by atoms with E-state index >= 15 is 0 Å². The first-order valence-electron chi connectivity index (χ1n) is 3.69. The summed E-state index contributed by atoms with van der Waals surface area (Å²) in [6.45, 7) is 0. The van der Waals surface area contributed by atoms with Gasteiger partial charge < -0.3 is 0 Å². The first kappa shape index (κ1) is 11.3. The molecule has 0 unspecified atom stereocenters. The summed E-state index contributed by atoms with van der Waals surface area (Å²) in [5.74, 6) is 0.